The summed E-state index contributed by atoms with van der Waals surface area (Å²) in [5.41, 5.74) is 0.948. The molecule has 3 aromatic rings. The standard InChI is InChI=1S/C16H13ClN4O4S/c1-26(24,25)12-6-7-14(16(8-12)21(22)23)19-11-9-18-20(10-11)15-5-3-2-4-13(15)17/h2-10,19H,1H3. The summed E-state index contributed by atoms with van der Waals surface area (Å²) in [5.74, 6) is 0. The molecule has 0 aliphatic heterocycles. The number of benzene rings is 2. The Bertz CT molecular complexity index is 1100. The SMILES string of the molecule is CS(=O)(=O)c1ccc(Nc2cnn(-c3ccccc3Cl)c2)c([N+](=O)[O-])c1. The third-order valence-corrected chi connectivity index (χ3v) is 4.98. The van der Waals surface area contributed by atoms with Crippen LogP contribution in [0.5, 0.6) is 0 Å². The largest absolute Gasteiger partial charge is 0.347 e. The number of rotatable bonds is 5. The first-order valence-electron chi connectivity index (χ1n) is 7.31. The lowest BCUT2D eigenvalue weighted by Gasteiger charge is -2.06. The van der Waals surface area contributed by atoms with E-state index in [0.717, 1.165) is 12.3 Å². The average Bonchev–Trinajstić information content (AvgIpc) is 3.02. The van der Waals surface area contributed by atoms with Crippen LogP contribution in [-0.4, -0.2) is 29.4 Å². The minimum absolute atomic E-state index is 0.124. The fraction of sp³-hybridized carbons (Fsp3) is 0.0625. The van der Waals surface area contributed by atoms with Crippen LogP contribution in [0.3, 0.4) is 0 Å². The number of nitrogens with zero attached hydrogens (tertiary/aromatic N) is 3. The molecule has 0 bridgehead atoms. The molecule has 134 valence electrons. The Morgan fingerprint density at radius 3 is 2.62 bits per heavy atom. The molecule has 0 unspecified atom stereocenters. The van der Waals surface area contributed by atoms with Crippen LogP contribution in [0.15, 0.2) is 59.8 Å². The maximum Gasteiger partial charge on any atom is 0.293 e. The van der Waals surface area contributed by atoms with E-state index in [-0.39, 0.29) is 16.3 Å². The Hall–Kier alpha value is -2.91. The van der Waals surface area contributed by atoms with E-state index < -0.39 is 14.8 Å². The average molecular weight is 393 g/mol. The van der Waals surface area contributed by atoms with Crippen molar-refractivity contribution in [3.05, 3.63) is 70.0 Å². The van der Waals surface area contributed by atoms with Gasteiger partial charge in [-0.05, 0) is 24.3 Å². The number of hydrogen-bond donors (Lipinski definition) is 1. The lowest BCUT2D eigenvalue weighted by Crippen LogP contribution is -2.01. The number of sulfone groups is 1. The minimum atomic E-state index is -3.55. The van der Waals surface area contributed by atoms with E-state index in [1.165, 1.54) is 23.0 Å². The fourth-order valence-electron chi connectivity index (χ4n) is 2.31. The van der Waals surface area contributed by atoms with Gasteiger partial charge in [0.05, 0.1) is 38.6 Å². The van der Waals surface area contributed by atoms with Gasteiger partial charge in [-0.3, -0.25) is 10.1 Å². The van der Waals surface area contributed by atoms with Gasteiger partial charge in [-0.1, -0.05) is 23.7 Å². The van der Waals surface area contributed by atoms with Gasteiger partial charge in [0.15, 0.2) is 9.84 Å². The number of aromatic nitrogens is 2. The first kappa shape index (κ1) is 17.9. The number of nitro benzene ring substituents is 1. The van der Waals surface area contributed by atoms with E-state index >= 15 is 0 Å². The number of nitro groups is 1. The number of para-hydroxylation sites is 1. The van der Waals surface area contributed by atoms with E-state index in [1.54, 1.807) is 24.4 Å². The van der Waals surface area contributed by atoms with Crippen LogP contribution in [-0.2, 0) is 9.84 Å². The Morgan fingerprint density at radius 1 is 1.23 bits per heavy atom. The Balaban J connectivity index is 1.95. The van der Waals surface area contributed by atoms with Crippen molar-refractivity contribution < 1.29 is 13.3 Å². The number of halogens is 1. The Kier molecular flexibility index (Phi) is 4.66. The maximum atomic E-state index is 11.6. The van der Waals surface area contributed by atoms with E-state index in [4.69, 9.17) is 11.6 Å². The van der Waals surface area contributed by atoms with Gasteiger partial charge in [0.25, 0.3) is 5.69 Å². The van der Waals surface area contributed by atoms with E-state index in [9.17, 15) is 18.5 Å². The molecule has 0 spiro atoms. The molecule has 10 heteroatoms. The fourth-order valence-corrected chi connectivity index (χ4v) is 3.17. The van der Waals surface area contributed by atoms with Crippen LogP contribution in [0, 0.1) is 10.1 Å². The topological polar surface area (TPSA) is 107 Å². The predicted molar refractivity (Wildman–Crippen MR) is 98.1 cm³/mol. The highest BCUT2D eigenvalue weighted by atomic mass is 35.5. The van der Waals surface area contributed by atoms with Crippen LogP contribution in [0.1, 0.15) is 0 Å². The summed E-state index contributed by atoms with van der Waals surface area (Å²) in [5, 5.41) is 18.9. The number of nitrogens with one attached hydrogen (secondary N) is 1. The molecule has 0 saturated heterocycles. The van der Waals surface area contributed by atoms with Gasteiger partial charge in [0, 0.05) is 12.3 Å². The summed E-state index contributed by atoms with van der Waals surface area (Å²) >= 11 is 6.13. The van der Waals surface area contributed by atoms with Crippen molar-refractivity contribution in [1.29, 1.82) is 0 Å². The summed E-state index contributed by atoms with van der Waals surface area (Å²) in [4.78, 5) is 10.5. The van der Waals surface area contributed by atoms with E-state index in [2.05, 4.69) is 10.4 Å². The molecular weight excluding hydrogens is 380 g/mol. The number of hydrogen-bond acceptors (Lipinski definition) is 6. The van der Waals surface area contributed by atoms with Gasteiger partial charge >= 0.3 is 0 Å². The van der Waals surface area contributed by atoms with Gasteiger partial charge < -0.3 is 5.32 Å². The molecule has 0 aliphatic carbocycles. The van der Waals surface area contributed by atoms with E-state index in [1.807, 2.05) is 6.07 Å². The molecular formula is C16H13ClN4O4S. The summed E-state index contributed by atoms with van der Waals surface area (Å²) in [6.45, 7) is 0. The second kappa shape index (κ2) is 6.77. The smallest absolute Gasteiger partial charge is 0.293 e. The van der Waals surface area contributed by atoms with Crippen molar-refractivity contribution in [2.75, 3.05) is 11.6 Å². The molecule has 0 radical (unpaired) electrons. The molecule has 2 aromatic carbocycles. The molecule has 0 fully saturated rings. The Labute approximate surface area is 154 Å². The number of anilines is 2. The van der Waals surface area contributed by atoms with Gasteiger partial charge in [0.2, 0.25) is 0 Å². The summed E-state index contributed by atoms with van der Waals surface area (Å²) in [7, 11) is -3.55. The van der Waals surface area contributed by atoms with Crippen LogP contribution in [0.2, 0.25) is 5.02 Å². The van der Waals surface area contributed by atoms with Gasteiger partial charge in [0.1, 0.15) is 5.69 Å². The summed E-state index contributed by atoms with van der Waals surface area (Å²) in [6.07, 6.45) is 4.10. The zero-order chi connectivity index (χ0) is 18.9. The van der Waals surface area contributed by atoms with Gasteiger partial charge in [-0.25, -0.2) is 13.1 Å². The Morgan fingerprint density at radius 2 is 1.96 bits per heavy atom. The first-order chi connectivity index (χ1) is 12.3. The molecule has 0 amide bonds. The minimum Gasteiger partial charge on any atom is -0.347 e. The third-order valence-electron chi connectivity index (χ3n) is 3.55. The normalized spacial score (nSPS) is 11.3. The van der Waals surface area contributed by atoms with Crippen molar-refractivity contribution in [3.63, 3.8) is 0 Å². The second-order valence-electron chi connectivity index (χ2n) is 5.46. The van der Waals surface area contributed by atoms with Crippen molar-refractivity contribution >= 4 is 38.5 Å². The molecule has 8 nitrogen and oxygen atoms in total. The zero-order valence-corrected chi connectivity index (χ0v) is 15.0. The molecule has 0 aliphatic rings. The lowest BCUT2D eigenvalue weighted by atomic mass is 10.2. The highest BCUT2D eigenvalue weighted by Gasteiger charge is 2.19. The maximum absolute atomic E-state index is 11.6. The third kappa shape index (κ3) is 3.68. The van der Waals surface area contributed by atoms with E-state index in [0.29, 0.717) is 16.4 Å². The van der Waals surface area contributed by atoms with Crippen LogP contribution < -0.4 is 5.32 Å². The predicted octanol–water partition coefficient (Wildman–Crippen LogP) is 3.58. The van der Waals surface area contributed by atoms with Crippen molar-refractivity contribution in [3.8, 4) is 5.69 Å². The monoisotopic (exact) mass is 392 g/mol. The van der Waals surface area contributed by atoms with Crippen LogP contribution in [0.25, 0.3) is 5.69 Å². The van der Waals surface area contributed by atoms with Crippen molar-refractivity contribution in [1.82, 2.24) is 9.78 Å². The highest BCUT2D eigenvalue weighted by Crippen LogP contribution is 2.30. The lowest BCUT2D eigenvalue weighted by molar-refractivity contribution is -0.384. The molecule has 1 N–H and O–H groups in total. The summed E-state index contributed by atoms with van der Waals surface area (Å²) in [6, 6.07) is 10.8. The first-order valence-corrected chi connectivity index (χ1v) is 9.58. The molecule has 1 aromatic heterocycles. The van der Waals surface area contributed by atoms with Crippen LogP contribution >= 0.6 is 11.6 Å². The van der Waals surface area contributed by atoms with Crippen LogP contribution in [0.4, 0.5) is 17.1 Å². The quantitative estimate of drug-likeness (QED) is 0.525. The molecule has 26 heavy (non-hydrogen) atoms. The molecule has 3 rings (SSSR count). The zero-order valence-electron chi connectivity index (χ0n) is 13.5. The molecule has 0 saturated carbocycles. The molecule has 1 heterocycles. The van der Waals surface area contributed by atoms with Gasteiger partial charge in [-0.15, -0.1) is 0 Å². The van der Waals surface area contributed by atoms with Crippen molar-refractivity contribution in [2.24, 2.45) is 0 Å². The second-order valence-corrected chi connectivity index (χ2v) is 7.88. The molecule has 0 atom stereocenters. The van der Waals surface area contributed by atoms with Gasteiger partial charge in [-0.2, -0.15) is 5.10 Å². The van der Waals surface area contributed by atoms with Crippen molar-refractivity contribution in [2.45, 2.75) is 4.90 Å². The summed E-state index contributed by atoms with van der Waals surface area (Å²) < 4.78 is 24.7. The highest BCUT2D eigenvalue weighted by molar-refractivity contribution is 7.90.